The molecular weight excluding hydrogens is 216 g/mol. The van der Waals surface area contributed by atoms with Gasteiger partial charge in [0.2, 0.25) is 5.91 Å². The Morgan fingerprint density at radius 1 is 1.12 bits per heavy atom. The Bertz CT molecular complexity index is 250. The number of nitrogens with zero attached hydrogens (tertiary/aromatic N) is 1. The molecule has 1 saturated carbocycles. The molecule has 2 aliphatic rings. The first-order chi connectivity index (χ1) is 8.27. The van der Waals surface area contributed by atoms with Crippen molar-refractivity contribution in [2.24, 2.45) is 5.73 Å². The normalized spacial score (nSPS) is 30.3. The number of carbonyl (C=O) groups is 1. The Labute approximate surface area is 103 Å². The van der Waals surface area contributed by atoms with Crippen molar-refractivity contribution in [3.05, 3.63) is 0 Å². The molecule has 4 heteroatoms. The van der Waals surface area contributed by atoms with E-state index in [1.165, 1.54) is 12.8 Å². The minimum Gasteiger partial charge on any atom is -0.367 e. The average molecular weight is 240 g/mol. The van der Waals surface area contributed by atoms with Crippen molar-refractivity contribution in [2.75, 3.05) is 19.7 Å². The quantitative estimate of drug-likeness (QED) is 0.808. The summed E-state index contributed by atoms with van der Waals surface area (Å²) in [6.07, 6.45) is 8.03. The molecule has 4 nitrogen and oxygen atoms in total. The highest BCUT2D eigenvalue weighted by Gasteiger charge is 2.26. The first-order valence-electron chi connectivity index (χ1n) is 6.92. The van der Waals surface area contributed by atoms with Crippen LogP contribution in [0.5, 0.6) is 0 Å². The molecule has 0 spiro atoms. The monoisotopic (exact) mass is 240 g/mol. The lowest BCUT2D eigenvalue weighted by molar-refractivity contribution is -0.138. The Kier molecular flexibility index (Phi) is 4.80. The van der Waals surface area contributed by atoms with Crippen LogP contribution in [0.25, 0.3) is 0 Å². The summed E-state index contributed by atoms with van der Waals surface area (Å²) in [4.78, 5) is 13.9. The van der Waals surface area contributed by atoms with Crippen molar-refractivity contribution in [3.8, 4) is 0 Å². The molecule has 2 fully saturated rings. The van der Waals surface area contributed by atoms with Crippen LogP contribution in [0.15, 0.2) is 0 Å². The van der Waals surface area contributed by atoms with Gasteiger partial charge in [-0.05, 0) is 32.1 Å². The molecule has 2 N–H and O–H groups in total. The molecule has 0 bridgehead atoms. The van der Waals surface area contributed by atoms with Gasteiger partial charge in [0.15, 0.2) is 0 Å². The first kappa shape index (κ1) is 12.8. The third-order valence-electron chi connectivity index (χ3n) is 3.88. The molecule has 17 heavy (non-hydrogen) atoms. The van der Waals surface area contributed by atoms with Gasteiger partial charge in [0.05, 0.1) is 6.10 Å². The van der Waals surface area contributed by atoms with Crippen LogP contribution in [0.4, 0.5) is 0 Å². The summed E-state index contributed by atoms with van der Waals surface area (Å²) in [5.74, 6) is 0.144. The zero-order valence-electron chi connectivity index (χ0n) is 10.6. The van der Waals surface area contributed by atoms with Gasteiger partial charge >= 0.3 is 0 Å². The summed E-state index contributed by atoms with van der Waals surface area (Å²) >= 11 is 0. The zero-order valence-corrected chi connectivity index (χ0v) is 10.6. The van der Waals surface area contributed by atoms with E-state index in [2.05, 4.69) is 0 Å². The van der Waals surface area contributed by atoms with Crippen LogP contribution in [0.1, 0.15) is 44.9 Å². The molecule has 1 heterocycles. The second kappa shape index (κ2) is 6.36. The maximum absolute atomic E-state index is 12.0. The van der Waals surface area contributed by atoms with E-state index in [1.807, 2.05) is 4.90 Å². The van der Waals surface area contributed by atoms with Gasteiger partial charge in [-0.2, -0.15) is 0 Å². The molecule has 0 radical (unpaired) electrons. The number of rotatable bonds is 3. The summed E-state index contributed by atoms with van der Waals surface area (Å²) in [6.45, 7) is 2.02. The van der Waals surface area contributed by atoms with Crippen LogP contribution >= 0.6 is 0 Å². The van der Waals surface area contributed by atoms with Gasteiger partial charge in [0, 0.05) is 19.1 Å². The molecule has 0 aromatic carbocycles. The number of nitrogens with two attached hydrogens (primary N) is 1. The lowest BCUT2D eigenvalue weighted by atomic mass is 10.2. The fraction of sp³-hybridized carbons (Fsp3) is 0.923. The highest BCUT2D eigenvalue weighted by Crippen LogP contribution is 2.20. The van der Waals surface area contributed by atoms with Crippen LogP contribution in [-0.4, -0.2) is 42.6 Å². The molecule has 2 atom stereocenters. The molecular formula is C13H24N2O2. The van der Waals surface area contributed by atoms with Crippen molar-refractivity contribution in [2.45, 2.75) is 57.1 Å². The van der Waals surface area contributed by atoms with Crippen molar-refractivity contribution < 1.29 is 9.53 Å². The number of amides is 1. The lowest BCUT2D eigenvalue weighted by Gasteiger charge is -2.22. The van der Waals surface area contributed by atoms with Gasteiger partial charge in [-0.1, -0.05) is 12.8 Å². The smallest absolute Gasteiger partial charge is 0.248 e. The second-order valence-electron chi connectivity index (χ2n) is 5.24. The van der Waals surface area contributed by atoms with Crippen LogP contribution in [0, 0.1) is 0 Å². The molecule has 0 aromatic heterocycles. The molecule has 1 aliphatic carbocycles. The fourth-order valence-corrected chi connectivity index (χ4v) is 2.75. The van der Waals surface area contributed by atoms with E-state index in [0.717, 1.165) is 45.2 Å². The van der Waals surface area contributed by atoms with Gasteiger partial charge in [0.1, 0.15) is 6.61 Å². The molecule has 1 aliphatic heterocycles. The minimum atomic E-state index is 0.103. The molecule has 0 aromatic rings. The maximum atomic E-state index is 12.0. The number of hydrogen-bond donors (Lipinski definition) is 1. The molecule has 98 valence electrons. The van der Waals surface area contributed by atoms with Gasteiger partial charge in [-0.25, -0.2) is 0 Å². The van der Waals surface area contributed by atoms with E-state index in [9.17, 15) is 4.79 Å². The summed E-state index contributed by atoms with van der Waals surface area (Å²) in [5, 5.41) is 0. The van der Waals surface area contributed by atoms with Crippen molar-refractivity contribution in [1.29, 1.82) is 0 Å². The second-order valence-corrected chi connectivity index (χ2v) is 5.24. The number of hydrogen-bond acceptors (Lipinski definition) is 3. The minimum absolute atomic E-state index is 0.103. The Morgan fingerprint density at radius 3 is 2.41 bits per heavy atom. The largest absolute Gasteiger partial charge is 0.367 e. The molecule has 2 rings (SSSR count). The topological polar surface area (TPSA) is 55.6 Å². The van der Waals surface area contributed by atoms with E-state index in [1.54, 1.807) is 0 Å². The van der Waals surface area contributed by atoms with Crippen LogP contribution in [-0.2, 0) is 9.53 Å². The SMILES string of the molecule is NC1CCCC1OCC(=O)N1CCCCCC1. The Hall–Kier alpha value is -0.610. The first-order valence-corrected chi connectivity index (χ1v) is 6.92. The predicted molar refractivity (Wildman–Crippen MR) is 66.6 cm³/mol. The highest BCUT2D eigenvalue weighted by atomic mass is 16.5. The van der Waals surface area contributed by atoms with Gasteiger partial charge in [0.25, 0.3) is 0 Å². The highest BCUT2D eigenvalue weighted by molar-refractivity contribution is 5.77. The molecule has 1 amide bonds. The number of carbonyl (C=O) groups excluding carboxylic acids is 1. The third-order valence-corrected chi connectivity index (χ3v) is 3.88. The third kappa shape index (κ3) is 3.68. The molecule has 1 saturated heterocycles. The van der Waals surface area contributed by atoms with E-state index < -0.39 is 0 Å². The summed E-state index contributed by atoms with van der Waals surface area (Å²) < 4.78 is 5.65. The number of likely N-dealkylation sites (tertiary alicyclic amines) is 1. The van der Waals surface area contributed by atoms with Crippen LogP contribution in [0.2, 0.25) is 0 Å². The average Bonchev–Trinajstić information content (AvgIpc) is 2.58. The van der Waals surface area contributed by atoms with E-state index in [4.69, 9.17) is 10.5 Å². The van der Waals surface area contributed by atoms with Crippen LogP contribution in [0.3, 0.4) is 0 Å². The van der Waals surface area contributed by atoms with Gasteiger partial charge in [-0.3, -0.25) is 4.79 Å². The zero-order chi connectivity index (χ0) is 12.1. The number of ether oxygens (including phenoxy) is 1. The maximum Gasteiger partial charge on any atom is 0.248 e. The van der Waals surface area contributed by atoms with Crippen molar-refractivity contribution >= 4 is 5.91 Å². The van der Waals surface area contributed by atoms with Gasteiger partial charge < -0.3 is 15.4 Å². The predicted octanol–water partition coefficient (Wildman–Crippen LogP) is 1.29. The van der Waals surface area contributed by atoms with E-state index in [0.29, 0.717) is 0 Å². The van der Waals surface area contributed by atoms with Crippen LogP contribution < -0.4 is 5.73 Å². The van der Waals surface area contributed by atoms with E-state index >= 15 is 0 Å². The summed E-state index contributed by atoms with van der Waals surface area (Å²) in [5.41, 5.74) is 5.92. The van der Waals surface area contributed by atoms with E-state index in [-0.39, 0.29) is 24.7 Å². The molecule has 2 unspecified atom stereocenters. The lowest BCUT2D eigenvalue weighted by Crippen LogP contribution is -2.38. The standard InChI is InChI=1S/C13H24N2O2/c14-11-6-5-7-12(11)17-10-13(16)15-8-3-1-2-4-9-15/h11-12H,1-10,14H2. The van der Waals surface area contributed by atoms with Crippen molar-refractivity contribution in [3.63, 3.8) is 0 Å². The fourth-order valence-electron chi connectivity index (χ4n) is 2.75. The van der Waals surface area contributed by atoms with Crippen molar-refractivity contribution in [1.82, 2.24) is 4.90 Å². The summed E-state index contributed by atoms with van der Waals surface area (Å²) in [7, 11) is 0. The van der Waals surface area contributed by atoms with Gasteiger partial charge in [-0.15, -0.1) is 0 Å². The summed E-state index contributed by atoms with van der Waals surface area (Å²) in [6, 6.07) is 0.131. The Morgan fingerprint density at radius 2 is 1.82 bits per heavy atom. The Balaban J connectivity index is 1.72.